The zero-order valence-corrected chi connectivity index (χ0v) is 11.4. The zero-order chi connectivity index (χ0) is 12.8. The minimum atomic E-state index is -0.280. The lowest BCUT2D eigenvalue weighted by atomic mass is 10.2. The van der Waals surface area contributed by atoms with Crippen LogP contribution in [0.3, 0.4) is 0 Å². The molecule has 0 atom stereocenters. The number of aromatic nitrogens is 1. The maximum Gasteiger partial charge on any atom is 0.341 e. The monoisotopic (exact) mass is 266 g/mol. The Kier molecular flexibility index (Phi) is 4.87. The van der Waals surface area contributed by atoms with Crippen LogP contribution in [0.25, 0.3) is 0 Å². The molecule has 0 N–H and O–H groups in total. The molecule has 1 fully saturated rings. The Bertz CT molecular complexity index is 404. The molecule has 1 saturated heterocycles. The van der Waals surface area contributed by atoms with E-state index < -0.39 is 0 Å². The Hall–Kier alpha value is -1.23. The average Bonchev–Trinajstić information content (AvgIpc) is 2.68. The van der Waals surface area contributed by atoms with Gasteiger partial charge in [-0.15, -0.1) is 0 Å². The lowest BCUT2D eigenvalue weighted by Crippen LogP contribution is -2.28. The SMILES string of the molecule is CCOC(=O)c1cccnc1N1CCCSCC1. The third-order valence-corrected chi connectivity index (χ3v) is 3.85. The fourth-order valence-electron chi connectivity index (χ4n) is 1.98. The van der Waals surface area contributed by atoms with E-state index in [2.05, 4.69) is 9.88 Å². The molecule has 0 spiro atoms. The van der Waals surface area contributed by atoms with Gasteiger partial charge in [0.05, 0.1) is 6.61 Å². The van der Waals surface area contributed by atoms with Crippen LogP contribution in [0.5, 0.6) is 0 Å². The predicted octanol–water partition coefficient (Wildman–Crippen LogP) is 2.20. The van der Waals surface area contributed by atoms with E-state index in [0.29, 0.717) is 12.2 Å². The van der Waals surface area contributed by atoms with E-state index in [0.717, 1.165) is 31.1 Å². The van der Waals surface area contributed by atoms with Gasteiger partial charge in [-0.3, -0.25) is 0 Å². The largest absolute Gasteiger partial charge is 0.462 e. The van der Waals surface area contributed by atoms with Gasteiger partial charge in [-0.2, -0.15) is 11.8 Å². The minimum Gasteiger partial charge on any atom is -0.462 e. The van der Waals surface area contributed by atoms with Crippen molar-refractivity contribution in [1.29, 1.82) is 0 Å². The van der Waals surface area contributed by atoms with Crippen molar-refractivity contribution in [1.82, 2.24) is 4.98 Å². The molecule has 1 aromatic heterocycles. The maximum absolute atomic E-state index is 11.9. The molecule has 1 aliphatic rings. The molecule has 0 saturated carbocycles. The first-order chi connectivity index (χ1) is 8.83. The van der Waals surface area contributed by atoms with Gasteiger partial charge >= 0.3 is 5.97 Å². The quantitative estimate of drug-likeness (QED) is 0.785. The molecule has 98 valence electrons. The van der Waals surface area contributed by atoms with Crippen molar-refractivity contribution in [2.24, 2.45) is 0 Å². The fourth-order valence-corrected chi connectivity index (χ4v) is 2.86. The second-order valence-electron chi connectivity index (χ2n) is 4.05. The average molecular weight is 266 g/mol. The van der Waals surface area contributed by atoms with Gasteiger partial charge in [0, 0.05) is 25.0 Å². The molecule has 18 heavy (non-hydrogen) atoms. The number of rotatable bonds is 3. The molecule has 0 radical (unpaired) electrons. The van der Waals surface area contributed by atoms with Crippen LogP contribution >= 0.6 is 11.8 Å². The van der Waals surface area contributed by atoms with Crippen molar-refractivity contribution in [2.45, 2.75) is 13.3 Å². The number of ether oxygens (including phenoxy) is 1. The van der Waals surface area contributed by atoms with Gasteiger partial charge in [-0.1, -0.05) is 0 Å². The first-order valence-electron chi connectivity index (χ1n) is 6.27. The maximum atomic E-state index is 11.9. The topological polar surface area (TPSA) is 42.4 Å². The van der Waals surface area contributed by atoms with Crippen LogP contribution in [0.2, 0.25) is 0 Å². The molecule has 4 nitrogen and oxygen atoms in total. The van der Waals surface area contributed by atoms with E-state index in [1.807, 2.05) is 18.7 Å². The summed E-state index contributed by atoms with van der Waals surface area (Å²) in [5, 5.41) is 0. The highest BCUT2D eigenvalue weighted by Gasteiger charge is 2.19. The Labute approximate surface area is 112 Å². The predicted molar refractivity (Wildman–Crippen MR) is 74.3 cm³/mol. The summed E-state index contributed by atoms with van der Waals surface area (Å²) in [5.74, 6) is 2.74. The van der Waals surface area contributed by atoms with E-state index in [1.54, 1.807) is 18.3 Å². The second-order valence-corrected chi connectivity index (χ2v) is 5.27. The van der Waals surface area contributed by atoms with Crippen LogP contribution in [-0.2, 0) is 4.74 Å². The number of pyridine rings is 1. The minimum absolute atomic E-state index is 0.280. The molecule has 0 bridgehead atoms. The van der Waals surface area contributed by atoms with Crippen LogP contribution in [-0.4, -0.2) is 42.2 Å². The van der Waals surface area contributed by atoms with Gasteiger partial charge in [0.2, 0.25) is 0 Å². The molecular formula is C13H18N2O2S. The number of esters is 1. The smallest absolute Gasteiger partial charge is 0.341 e. The Morgan fingerprint density at radius 1 is 1.50 bits per heavy atom. The highest BCUT2D eigenvalue weighted by atomic mass is 32.2. The number of anilines is 1. The van der Waals surface area contributed by atoms with Gasteiger partial charge in [-0.25, -0.2) is 9.78 Å². The highest BCUT2D eigenvalue weighted by molar-refractivity contribution is 7.99. The summed E-state index contributed by atoms with van der Waals surface area (Å²) < 4.78 is 5.08. The number of carbonyl (C=O) groups excluding carboxylic acids is 1. The third kappa shape index (κ3) is 3.16. The van der Waals surface area contributed by atoms with Crippen molar-refractivity contribution in [3.8, 4) is 0 Å². The lowest BCUT2D eigenvalue weighted by molar-refractivity contribution is 0.0526. The van der Waals surface area contributed by atoms with E-state index in [-0.39, 0.29) is 5.97 Å². The van der Waals surface area contributed by atoms with E-state index in [9.17, 15) is 4.79 Å². The third-order valence-electron chi connectivity index (χ3n) is 2.80. The summed E-state index contributed by atoms with van der Waals surface area (Å²) in [4.78, 5) is 18.4. The standard InChI is InChI=1S/C13H18N2O2S/c1-2-17-13(16)11-5-3-6-14-12(11)15-7-4-9-18-10-8-15/h3,5-6H,2,4,7-10H2,1H3. The van der Waals surface area contributed by atoms with Gasteiger partial charge in [0.1, 0.15) is 11.4 Å². The molecule has 0 amide bonds. The molecule has 0 aliphatic carbocycles. The van der Waals surface area contributed by atoms with E-state index in [1.165, 1.54) is 5.75 Å². The Morgan fingerprint density at radius 2 is 2.39 bits per heavy atom. The highest BCUT2D eigenvalue weighted by Crippen LogP contribution is 2.21. The van der Waals surface area contributed by atoms with Crippen LogP contribution < -0.4 is 4.90 Å². The van der Waals surface area contributed by atoms with Gasteiger partial charge in [-0.05, 0) is 31.2 Å². The normalized spacial score (nSPS) is 16.2. The van der Waals surface area contributed by atoms with Crippen LogP contribution in [0, 0.1) is 0 Å². The molecule has 1 aromatic rings. The summed E-state index contributed by atoms with van der Waals surface area (Å²) in [7, 11) is 0. The zero-order valence-electron chi connectivity index (χ0n) is 10.6. The number of nitrogens with zero attached hydrogens (tertiary/aromatic N) is 2. The molecule has 2 rings (SSSR count). The van der Waals surface area contributed by atoms with Crippen molar-refractivity contribution < 1.29 is 9.53 Å². The van der Waals surface area contributed by atoms with Crippen molar-refractivity contribution in [3.05, 3.63) is 23.9 Å². The van der Waals surface area contributed by atoms with Crippen LogP contribution in [0.4, 0.5) is 5.82 Å². The molecule has 1 aliphatic heterocycles. The van der Waals surface area contributed by atoms with Gasteiger partial charge in [0.25, 0.3) is 0 Å². The molecule has 5 heteroatoms. The van der Waals surface area contributed by atoms with Crippen LogP contribution in [0.15, 0.2) is 18.3 Å². The number of hydrogen-bond donors (Lipinski definition) is 0. The molecular weight excluding hydrogens is 248 g/mol. The molecule has 0 aromatic carbocycles. The number of carbonyl (C=O) groups is 1. The van der Waals surface area contributed by atoms with E-state index in [4.69, 9.17) is 4.74 Å². The summed E-state index contributed by atoms with van der Waals surface area (Å²) in [6, 6.07) is 3.57. The van der Waals surface area contributed by atoms with Gasteiger partial charge < -0.3 is 9.64 Å². The first kappa shape index (κ1) is 13.2. The van der Waals surface area contributed by atoms with Gasteiger partial charge in [0.15, 0.2) is 0 Å². The van der Waals surface area contributed by atoms with E-state index >= 15 is 0 Å². The first-order valence-corrected chi connectivity index (χ1v) is 7.43. The Morgan fingerprint density at radius 3 is 3.22 bits per heavy atom. The van der Waals surface area contributed by atoms with Crippen molar-refractivity contribution in [2.75, 3.05) is 36.1 Å². The summed E-state index contributed by atoms with van der Waals surface area (Å²) in [5.41, 5.74) is 0.575. The summed E-state index contributed by atoms with van der Waals surface area (Å²) in [6.45, 7) is 4.10. The number of hydrogen-bond acceptors (Lipinski definition) is 5. The summed E-state index contributed by atoms with van der Waals surface area (Å²) in [6.07, 6.45) is 2.86. The van der Waals surface area contributed by atoms with Crippen molar-refractivity contribution in [3.63, 3.8) is 0 Å². The molecule has 0 unspecified atom stereocenters. The second kappa shape index (κ2) is 6.64. The van der Waals surface area contributed by atoms with Crippen molar-refractivity contribution >= 4 is 23.5 Å². The summed E-state index contributed by atoms with van der Waals surface area (Å²) >= 11 is 1.95. The molecule has 2 heterocycles. The van der Waals surface area contributed by atoms with Crippen LogP contribution in [0.1, 0.15) is 23.7 Å². The lowest BCUT2D eigenvalue weighted by Gasteiger charge is -2.22. The number of thioether (sulfide) groups is 1. The Balaban J connectivity index is 2.22. The fraction of sp³-hybridized carbons (Fsp3) is 0.538.